The Bertz CT molecular complexity index is 732. The Morgan fingerprint density at radius 3 is 2.68 bits per heavy atom. The highest BCUT2D eigenvalue weighted by Gasteiger charge is 2.18. The van der Waals surface area contributed by atoms with E-state index in [1.54, 1.807) is 19.3 Å². The van der Waals surface area contributed by atoms with Crippen LogP contribution in [0.2, 0.25) is 0 Å². The summed E-state index contributed by atoms with van der Waals surface area (Å²) in [5.41, 5.74) is 2.26. The van der Waals surface area contributed by atoms with Crippen molar-refractivity contribution in [2.24, 2.45) is 0 Å². The van der Waals surface area contributed by atoms with Gasteiger partial charge in [-0.1, -0.05) is 12.1 Å². The predicted molar refractivity (Wildman–Crippen MR) is 94.7 cm³/mol. The van der Waals surface area contributed by atoms with Crippen LogP contribution in [-0.4, -0.2) is 25.0 Å². The lowest BCUT2D eigenvalue weighted by molar-refractivity contribution is -0.122. The second-order valence-electron chi connectivity index (χ2n) is 5.86. The van der Waals surface area contributed by atoms with E-state index in [-0.39, 0.29) is 24.5 Å². The Morgan fingerprint density at radius 1 is 1.28 bits per heavy atom. The molecule has 0 radical (unpaired) electrons. The summed E-state index contributed by atoms with van der Waals surface area (Å²) in [5.74, 6) is 0.840. The number of nitrogens with one attached hydrogen (secondary N) is 2. The Morgan fingerprint density at radius 2 is 2.04 bits per heavy atom. The van der Waals surface area contributed by atoms with E-state index in [0.717, 1.165) is 11.1 Å². The van der Waals surface area contributed by atoms with Gasteiger partial charge in [-0.05, 0) is 45.4 Å². The second-order valence-corrected chi connectivity index (χ2v) is 5.86. The number of carbonyl (C=O) groups excluding carboxylic acids is 2. The largest absolute Gasteiger partial charge is 0.484 e. The molecule has 1 heterocycles. The molecule has 0 saturated heterocycles. The van der Waals surface area contributed by atoms with E-state index in [1.165, 1.54) is 0 Å². The van der Waals surface area contributed by atoms with Crippen molar-refractivity contribution in [3.05, 3.63) is 53.0 Å². The first-order chi connectivity index (χ1) is 11.9. The number of hydrogen-bond acceptors (Lipinski definition) is 4. The van der Waals surface area contributed by atoms with Gasteiger partial charge in [0.2, 0.25) is 0 Å². The molecule has 0 saturated carbocycles. The Balaban J connectivity index is 2.02. The zero-order valence-electron chi connectivity index (χ0n) is 15.0. The summed E-state index contributed by atoms with van der Waals surface area (Å²) in [4.78, 5) is 23.9. The number of ether oxygens (including phenoxy) is 1. The molecule has 0 fully saturated rings. The first-order valence-electron chi connectivity index (χ1n) is 8.27. The zero-order valence-corrected chi connectivity index (χ0v) is 15.0. The van der Waals surface area contributed by atoms with E-state index in [9.17, 15) is 9.59 Å². The number of aryl methyl sites for hydroxylation is 2. The normalized spacial score (nSPS) is 11.7. The van der Waals surface area contributed by atoms with Crippen molar-refractivity contribution in [3.63, 3.8) is 0 Å². The number of hydrogen-bond donors (Lipinski definition) is 2. The summed E-state index contributed by atoms with van der Waals surface area (Å²) in [6.07, 6.45) is 1.57. The highest BCUT2D eigenvalue weighted by atomic mass is 16.5. The van der Waals surface area contributed by atoms with Crippen LogP contribution in [-0.2, 0) is 4.79 Å². The van der Waals surface area contributed by atoms with Gasteiger partial charge in [0.1, 0.15) is 11.5 Å². The van der Waals surface area contributed by atoms with Crippen LogP contribution in [0.4, 0.5) is 0 Å². The fourth-order valence-corrected chi connectivity index (χ4v) is 2.53. The predicted octanol–water partition coefficient (Wildman–Crippen LogP) is 2.90. The third kappa shape index (κ3) is 4.86. The molecule has 0 aliphatic rings. The number of carbonyl (C=O) groups is 2. The maximum atomic E-state index is 12.4. The van der Waals surface area contributed by atoms with Crippen LogP contribution in [0.3, 0.4) is 0 Å². The molecule has 2 rings (SSSR count). The van der Waals surface area contributed by atoms with E-state index in [0.29, 0.717) is 23.6 Å². The topological polar surface area (TPSA) is 80.6 Å². The summed E-state index contributed by atoms with van der Waals surface area (Å²) in [6, 6.07) is 7.12. The highest BCUT2D eigenvalue weighted by Crippen LogP contribution is 2.21. The Labute approximate surface area is 147 Å². The molecule has 0 aliphatic carbocycles. The van der Waals surface area contributed by atoms with Crippen molar-refractivity contribution in [1.29, 1.82) is 0 Å². The van der Waals surface area contributed by atoms with E-state index in [1.807, 2.05) is 39.0 Å². The van der Waals surface area contributed by atoms with Gasteiger partial charge in [0.15, 0.2) is 6.61 Å². The van der Waals surface area contributed by atoms with Crippen molar-refractivity contribution in [1.82, 2.24) is 10.6 Å². The highest BCUT2D eigenvalue weighted by molar-refractivity contribution is 5.96. The lowest BCUT2D eigenvalue weighted by atomic mass is 10.1. The van der Waals surface area contributed by atoms with E-state index >= 15 is 0 Å². The Hall–Kier alpha value is -2.76. The maximum absolute atomic E-state index is 12.4. The van der Waals surface area contributed by atoms with E-state index < -0.39 is 0 Å². The van der Waals surface area contributed by atoms with Gasteiger partial charge in [-0.2, -0.15) is 0 Å². The van der Waals surface area contributed by atoms with Crippen LogP contribution in [0.1, 0.15) is 47.1 Å². The minimum Gasteiger partial charge on any atom is -0.484 e. The second kappa shape index (κ2) is 8.37. The molecule has 6 heteroatoms. The van der Waals surface area contributed by atoms with Crippen LogP contribution in [0, 0.1) is 13.8 Å². The van der Waals surface area contributed by atoms with Gasteiger partial charge in [-0.3, -0.25) is 9.59 Å². The molecule has 2 aromatic rings. The summed E-state index contributed by atoms with van der Waals surface area (Å²) in [7, 11) is 0. The monoisotopic (exact) mass is 344 g/mol. The van der Waals surface area contributed by atoms with Crippen molar-refractivity contribution in [2.45, 2.75) is 33.7 Å². The molecule has 2 amide bonds. The SMILES string of the molecule is CCNC(=O)COc1cccc(C(C)NC(=O)c2c(C)coc2C)c1. The molecule has 0 spiro atoms. The molecule has 2 N–H and O–H groups in total. The van der Waals surface area contributed by atoms with Crippen LogP contribution in [0.15, 0.2) is 34.9 Å². The third-order valence-corrected chi connectivity index (χ3v) is 3.84. The molecular weight excluding hydrogens is 320 g/mol. The van der Waals surface area contributed by atoms with Gasteiger partial charge in [-0.15, -0.1) is 0 Å². The standard InChI is InChI=1S/C19H24N2O4/c1-5-20-17(22)11-25-16-8-6-7-15(9-16)13(3)21-19(23)18-12(2)10-24-14(18)4/h6-10,13H,5,11H2,1-4H3,(H,20,22)(H,21,23). The maximum Gasteiger partial charge on any atom is 0.257 e. The fourth-order valence-electron chi connectivity index (χ4n) is 2.53. The molecule has 1 unspecified atom stereocenters. The van der Waals surface area contributed by atoms with Crippen LogP contribution < -0.4 is 15.4 Å². The van der Waals surface area contributed by atoms with Gasteiger partial charge in [0.05, 0.1) is 17.9 Å². The van der Waals surface area contributed by atoms with Gasteiger partial charge in [0, 0.05) is 12.1 Å². The van der Waals surface area contributed by atoms with Gasteiger partial charge in [0.25, 0.3) is 11.8 Å². The van der Waals surface area contributed by atoms with Gasteiger partial charge >= 0.3 is 0 Å². The fraction of sp³-hybridized carbons (Fsp3) is 0.368. The summed E-state index contributed by atoms with van der Waals surface area (Å²) in [6.45, 7) is 7.88. The molecule has 1 aromatic heterocycles. The van der Waals surface area contributed by atoms with E-state index in [2.05, 4.69) is 10.6 Å². The lowest BCUT2D eigenvalue weighted by Crippen LogP contribution is -2.28. The van der Waals surface area contributed by atoms with Crippen molar-refractivity contribution < 1.29 is 18.7 Å². The average Bonchev–Trinajstić information content (AvgIpc) is 2.92. The molecule has 0 aliphatic heterocycles. The van der Waals surface area contributed by atoms with Crippen LogP contribution in [0.5, 0.6) is 5.75 Å². The molecule has 25 heavy (non-hydrogen) atoms. The zero-order chi connectivity index (χ0) is 18.4. The molecule has 1 aromatic carbocycles. The van der Waals surface area contributed by atoms with Crippen molar-refractivity contribution in [3.8, 4) is 5.75 Å². The van der Waals surface area contributed by atoms with Crippen LogP contribution in [0.25, 0.3) is 0 Å². The summed E-state index contributed by atoms with van der Waals surface area (Å²) >= 11 is 0. The third-order valence-electron chi connectivity index (χ3n) is 3.84. The quantitative estimate of drug-likeness (QED) is 0.809. The minimum absolute atomic E-state index is 0.0363. The summed E-state index contributed by atoms with van der Waals surface area (Å²) < 4.78 is 10.8. The van der Waals surface area contributed by atoms with Crippen molar-refractivity contribution in [2.75, 3.05) is 13.2 Å². The first kappa shape index (κ1) is 18.6. The minimum atomic E-state index is -0.214. The smallest absolute Gasteiger partial charge is 0.257 e. The molecule has 134 valence electrons. The number of rotatable bonds is 7. The number of amides is 2. The van der Waals surface area contributed by atoms with Gasteiger partial charge in [-0.25, -0.2) is 0 Å². The molecular formula is C19H24N2O4. The van der Waals surface area contributed by atoms with Crippen LogP contribution >= 0.6 is 0 Å². The van der Waals surface area contributed by atoms with E-state index in [4.69, 9.17) is 9.15 Å². The first-order valence-corrected chi connectivity index (χ1v) is 8.27. The molecule has 0 bridgehead atoms. The Kier molecular flexibility index (Phi) is 6.22. The molecule has 6 nitrogen and oxygen atoms in total. The number of likely N-dealkylation sites (N-methyl/N-ethyl adjacent to an activating group) is 1. The molecule has 1 atom stereocenters. The number of furan rings is 1. The average molecular weight is 344 g/mol. The number of benzene rings is 1. The lowest BCUT2D eigenvalue weighted by Gasteiger charge is -2.16. The van der Waals surface area contributed by atoms with Gasteiger partial charge < -0.3 is 19.8 Å². The van der Waals surface area contributed by atoms with Crippen molar-refractivity contribution >= 4 is 11.8 Å². The summed E-state index contributed by atoms with van der Waals surface area (Å²) in [5, 5.41) is 5.63.